The Morgan fingerprint density at radius 2 is 1.18 bits per heavy atom. The van der Waals surface area contributed by atoms with Crippen LogP contribution in [0.25, 0.3) is 76.5 Å². The number of para-hydroxylation sites is 3. The largest absolute Gasteiger partial charge is 0.309 e. The summed E-state index contributed by atoms with van der Waals surface area (Å²) in [4.78, 5) is 4.39. The molecule has 3 nitrogen and oxygen atoms in total. The summed E-state index contributed by atoms with van der Waals surface area (Å²) in [6.45, 7) is 0. The van der Waals surface area contributed by atoms with Crippen molar-refractivity contribution in [3.05, 3.63) is 140 Å². The third kappa shape index (κ3) is 2.86. The molecule has 6 aromatic carbocycles. The van der Waals surface area contributed by atoms with Crippen molar-refractivity contribution in [2.45, 2.75) is 0 Å². The van der Waals surface area contributed by atoms with Crippen LogP contribution < -0.4 is 0 Å². The van der Waals surface area contributed by atoms with E-state index in [0.29, 0.717) is 0 Å². The van der Waals surface area contributed by atoms with Crippen molar-refractivity contribution in [1.82, 2.24) is 14.1 Å². The summed E-state index contributed by atoms with van der Waals surface area (Å²) < 4.78 is 4.85. The minimum Gasteiger partial charge on any atom is -0.309 e. The second kappa shape index (κ2) is 8.05. The van der Waals surface area contributed by atoms with Gasteiger partial charge in [-0.2, -0.15) is 0 Å². The lowest BCUT2D eigenvalue weighted by Gasteiger charge is -2.13. The summed E-state index contributed by atoms with van der Waals surface area (Å²) in [5.74, 6) is 0. The van der Waals surface area contributed by atoms with E-state index in [1.165, 1.54) is 71.1 Å². The van der Waals surface area contributed by atoms with Gasteiger partial charge in [0.2, 0.25) is 0 Å². The molecule has 0 amide bonds. The van der Waals surface area contributed by atoms with Crippen LogP contribution in [-0.2, 0) is 0 Å². The fraction of sp³-hybridized carbons (Fsp3) is 0. The first-order valence-electron chi connectivity index (χ1n) is 13.6. The van der Waals surface area contributed by atoms with Crippen LogP contribution in [0.15, 0.2) is 140 Å². The average molecular weight is 510 g/mol. The maximum atomic E-state index is 4.39. The molecule has 3 heterocycles. The molecule has 0 saturated heterocycles. The lowest BCUT2D eigenvalue weighted by molar-refractivity contribution is 1.18. The molecule has 0 fully saturated rings. The number of nitrogens with zero attached hydrogens (tertiary/aromatic N) is 3. The van der Waals surface area contributed by atoms with Crippen molar-refractivity contribution in [2.75, 3.05) is 0 Å². The fourth-order valence-corrected chi connectivity index (χ4v) is 6.65. The molecule has 9 aromatic rings. The molecule has 9 rings (SSSR count). The zero-order valence-electron chi connectivity index (χ0n) is 21.6. The van der Waals surface area contributed by atoms with Crippen LogP contribution in [0.1, 0.15) is 0 Å². The van der Waals surface area contributed by atoms with Gasteiger partial charge in [-0.25, -0.2) is 0 Å². The predicted molar refractivity (Wildman–Crippen MR) is 168 cm³/mol. The summed E-state index contributed by atoms with van der Waals surface area (Å²) in [5, 5.41) is 9.86. The maximum absolute atomic E-state index is 4.39. The van der Waals surface area contributed by atoms with Gasteiger partial charge in [0.05, 0.1) is 27.8 Å². The predicted octanol–water partition coefficient (Wildman–Crippen LogP) is 9.58. The highest BCUT2D eigenvalue weighted by molar-refractivity contribution is 6.23. The van der Waals surface area contributed by atoms with E-state index >= 15 is 0 Å². The minimum absolute atomic E-state index is 1.14. The number of rotatable bonds is 2. The molecule has 0 aliphatic rings. The van der Waals surface area contributed by atoms with E-state index < -0.39 is 0 Å². The Balaban J connectivity index is 1.49. The zero-order chi connectivity index (χ0) is 26.2. The summed E-state index contributed by atoms with van der Waals surface area (Å²) in [6.07, 6.45) is 3.84. The van der Waals surface area contributed by atoms with Crippen LogP contribution in [0.5, 0.6) is 0 Å². The van der Waals surface area contributed by atoms with Gasteiger partial charge < -0.3 is 9.13 Å². The smallest absolute Gasteiger partial charge is 0.0619 e. The average Bonchev–Trinajstić information content (AvgIpc) is 3.53. The Morgan fingerprint density at radius 3 is 2.02 bits per heavy atom. The molecule has 0 saturated carbocycles. The van der Waals surface area contributed by atoms with Crippen LogP contribution in [0.4, 0.5) is 0 Å². The highest BCUT2D eigenvalue weighted by atomic mass is 15.0. The molecule has 0 N–H and O–H groups in total. The first-order chi connectivity index (χ1) is 19.9. The highest BCUT2D eigenvalue weighted by Gasteiger charge is 2.19. The molecule has 0 radical (unpaired) electrons. The van der Waals surface area contributed by atoms with Crippen molar-refractivity contribution >= 4 is 65.2 Å². The van der Waals surface area contributed by atoms with Gasteiger partial charge in [-0.15, -0.1) is 0 Å². The molecule has 3 aromatic heterocycles. The van der Waals surface area contributed by atoms with Gasteiger partial charge >= 0.3 is 0 Å². The molecule has 0 aliphatic carbocycles. The minimum atomic E-state index is 1.14. The lowest BCUT2D eigenvalue weighted by Crippen LogP contribution is -1.96. The number of fused-ring (bicyclic) bond motifs is 9. The van der Waals surface area contributed by atoms with E-state index in [9.17, 15) is 0 Å². The first-order valence-corrected chi connectivity index (χ1v) is 13.6. The second-order valence-electron chi connectivity index (χ2n) is 10.5. The molecule has 3 heteroatoms. The van der Waals surface area contributed by atoms with Crippen LogP contribution in [0.2, 0.25) is 0 Å². The number of aromatic nitrogens is 3. The SMILES string of the molecule is c1ccc(-n2c3ccccc3c3cc4c(ccc5c6ccccc6n(-c6cccc7cnccc67)c45)cc32)cc1. The molecule has 0 atom stereocenters. The molecule has 0 unspecified atom stereocenters. The fourth-order valence-electron chi connectivity index (χ4n) is 6.65. The topological polar surface area (TPSA) is 22.8 Å². The van der Waals surface area contributed by atoms with Gasteiger partial charge in [-0.1, -0.05) is 78.9 Å². The summed E-state index contributed by atoms with van der Waals surface area (Å²) in [7, 11) is 0. The van der Waals surface area contributed by atoms with Gasteiger partial charge in [-0.3, -0.25) is 4.98 Å². The number of pyridine rings is 1. The summed E-state index contributed by atoms with van der Waals surface area (Å²) in [5.41, 5.74) is 7.23. The van der Waals surface area contributed by atoms with E-state index in [2.05, 4.69) is 142 Å². The van der Waals surface area contributed by atoms with Gasteiger partial charge in [0.15, 0.2) is 0 Å². The van der Waals surface area contributed by atoms with Crippen LogP contribution >= 0.6 is 0 Å². The van der Waals surface area contributed by atoms with Gasteiger partial charge in [0.25, 0.3) is 0 Å². The zero-order valence-corrected chi connectivity index (χ0v) is 21.6. The van der Waals surface area contributed by atoms with Crippen LogP contribution in [0, 0.1) is 0 Å². The highest BCUT2D eigenvalue weighted by Crippen LogP contribution is 2.41. The molecule has 40 heavy (non-hydrogen) atoms. The second-order valence-corrected chi connectivity index (χ2v) is 10.5. The van der Waals surface area contributed by atoms with Crippen molar-refractivity contribution in [3.8, 4) is 11.4 Å². The van der Waals surface area contributed by atoms with E-state index in [1.54, 1.807) is 0 Å². The number of hydrogen-bond donors (Lipinski definition) is 0. The first kappa shape index (κ1) is 21.5. The van der Waals surface area contributed by atoms with E-state index in [0.717, 1.165) is 5.39 Å². The molecular weight excluding hydrogens is 486 g/mol. The van der Waals surface area contributed by atoms with Gasteiger partial charge in [-0.05, 0) is 53.9 Å². The standard InChI is InChI=1S/C37H23N3/c1-2-10-26(11-3-1)39-34-14-6-5-13-29(34)32-22-31-24(21-36(32)39)17-18-30-28-12-4-7-15-35(28)40(37(30)31)33-16-8-9-25-23-38-20-19-27(25)33/h1-23H. The maximum Gasteiger partial charge on any atom is 0.0619 e. The van der Waals surface area contributed by atoms with Crippen molar-refractivity contribution in [1.29, 1.82) is 0 Å². The Labute approximate surface area is 230 Å². The van der Waals surface area contributed by atoms with E-state index in [1.807, 2.05) is 12.4 Å². The molecule has 0 aliphatic heterocycles. The molecule has 0 bridgehead atoms. The van der Waals surface area contributed by atoms with Crippen LogP contribution in [-0.4, -0.2) is 14.1 Å². The normalized spacial score (nSPS) is 12.0. The Kier molecular flexibility index (Phi) is 4.33. The quantitative estimate of drug-likeness (QED) is 0.227. The van der Waals surface area contributed by atoms with Gasteiger partial charge in [0.1, 0.15) is 0 Å². The third-order valence-electron chi connectivity index (χ3n) is 8.36. The lowest BCUT2D eigenvalue weighted by atomic mass is 10.0. The Bertz CT molecular complexity index is 2420. The molecular formula is C37H23N3. The number of benzene rings is 6. The Hall–Kier alpha value is -5.41. The summed E-state index contributed by atoms with van der Waals surface area (Å²) >= 11 is 0. The molecule has 0 spiro atoms. The van der Waals surface area contributed by atoms with Gasteiger partial charge in [0, 0.05) is 55.8 Å². The van der Waals surface area contributed by atoms with Crippen molar-refractivity contribution in [2.24, 2.45) is 0 Å². The van der Waals surface area contributed by atoms with Crippen molar-refractivity contribution < 1.29 is 0 Å². The van der Waals surface area contributed by atoms with E-state index in [-0.39, 0.29) is 0 Å². The third-order valence-corrected chi connectivity index (χ3v) is 8.36. The Morgan fingerprint density at radius 1 is 0.425 bits per heavy atom. The molecule has 186 valence electrons. The van der Waals surface area contributed by atoms with Crippen LogP contribution in [0.3, 0.4) is 0 Å². The monoisotopic (exact) mass is 509 g/mol. The van der Waals surface area contributed by atoms with Crippen molar-refractivity contribution in [3.63, 3.8) is 0 Å². The summed E-state index contributed by atoms with van der Waals surface area (Å²) in [6, 6.07) is 46.2. The number of hydrogen-bond acceptors (Lipinski definition) is 1. The van der Waals surface area contributed by atoms with E-state index in [4.69, 9.17) is 0 Å².